The highest BCUT2D eigenvalue weighted by Gasteiger charge is 2.23. The van der Waals surface area contributed by atoms with Crippen LogP contribution in [0.25, 0.3) is 11.2 Å². The fourth-order valence-electron chi connectivity index (χ4n) is 2.11. The third-order valence-corrected chi connectivity index (χ3v) is 3.21. The largest absolute Gasteiger partial charge is 0.480 e. The van der Waals surface area contributed by atoms with Crippen molar-refractivity contribution in [2.24, 2.45) is 14.1 Å². The van der Waals surface area contributed by atoms with Gasteiger partial charge in [-0.1, -0.05) is 0 Å². The molecule has 0 aliphatic rings. The minimum atomic E-state index is -1.07. The van der Waals surface area contributed by atoms with E-state index in [0.29, 0.717) is 5.82 Å². The van der Waals surface area contributed by atoms with Crippen LogP contribution >= 0.6 is 0 Å². The third-order valence-electron chi connectivity index (χ3n) is 3.21. The number of carboxylic acids is 1. The number of hydrogen-bond acceptors (Lipinski definition) is 4. The van der Waals surface area contributed by atoms with Crippen LogP contribution < -0.4 is 11.2 Å². The van der Waals surface area contributed by atoms with Crippen molar-refractivity contribution in [3.8, 4) is 0 Å². The second-order valence-electron chi connectivity index (χ2n) is 4.42. The fourth-order valence-corrected chi connectivity index (χ4v) is 2.11. The predicted octanol–water partition coefficient (Wildman–Crippen LogP) is -0.612. The van der Waals surface area contributed by atoms with Crippen LogP contribution in [-0.4, -0.2) is 29.8 Å². The van der Waals surface area contributed by atoms with Gasteiger partial charge in [-0.3, -0.25) is 13.9 Å². The molecule has 0 amide bonds. The van der Waals surface area contributed by atoms with Crippen molar-refractivity contribution in [1.29, 1.82) is 0 Å². The highest BCUT2D eigenvalue weighted by atomic mass is 16.4. The van der Waals surface area contributed by atoms with Crippen LogP contribution in [0.1, 0.15) is 18.8 Å². The number of aryl methyl sites for hydroxylation is 2. The quantitative estimate of drug-likeness (QED) is 0.781. The van der Waals surface area contributed by atoms with Gasteiger partial charge in [-0.25, -0.2) is 14.6 Å². The third kappa shape index (κ3) is 1.67. The summed E-state index contributed by atoms with van der Waals surface area (Å²) in [5.41, 5.74) is -0.729. The highest BCUT2D eigenvalue weighted by molar-refractivity contribution is 5.77. The van der Waals surface area contributed by atoms with E-state index in [0.717, 1.165) is 4.57 Å². The first-order valence-electron chi connectivity index (χ1n) is 5.64. The summed E-state index contributed by atoms with van der Waals surface area (Å²) in [4.78, 5) is 39.2. The lowest BCUT2D eigenvalue weighted by Gasteiger charge is -2.11. The van der Waals surface area contributed by atoms with Gasteiger partial charge in [0, 0.05) is 14.1 Å². The highest BCUT2D eigenvalue weighted by Crippen LogP contribution is 2.16. The lowest BCUT2D eigenvalue weighted by Crippen LogP contribution is -2.38. The van der Waals surface area contributed by atoms with E-state index in [9.17, 15) is 14.4 Å². The molecule has 2 aromatic heterocycles. The Morgan fingerprint density at radius 1 is 1.26 bits per heavy atom. The Labute approximate surface area is 107 Å². The maximum absolute atomic E-state index is 12.2. The SMILES string of the molecule is Cc1nc2c(c(=O)n(C)c(=O)n2C)n1C(C)C(=O)O. The summed E-state index contributed by atoms with van der Waals surface area (Å²) in [6.07, 6.45) is 0. The molecule has 0 aliphatic heterocycles. The van der Waals surface area contributed by atoms with Crippen LogP contribution in [0.2, 0.25) is 0 Å². The zero-order valence-corrected chi connectivity index (χ0v) is 11.0. The molecule has 19 heavy (non-hydrogen) atoms. The Balaban J connectivity index is 3.04. The normalized spacial score (nSPS) is 12.8. The van der Waals surface area contributed by atoms with Crippen molar-refractivity contribution in [2.45, 2.75) is 19.9 Å². The minimum absolute atomic E-state index is 0.122. The maximum Gasteiger partial charge on any atom is 0.332 e. The summed E-state index contributed by atoms with van der Waals surface area (Å²) in [7, 11) is 2.84. The second-order valence-corrected chi connectivity index (χ2v) is 4.42. The molecule has 1 atom stereocenters. The molecule has 1 N–H and O–H groups in total. The first kappa shape index (κ1) is 13.1. The number of fused-ring (bicyclic) bond motifs is 1. The summed E-state index contributed by atoms with van der Waals surface area (Å²) >= 11 is 0. The molecule has 102 valence electrons. The molecule has 0 saturated carbocycles. The van der Waals surface area contributed by atoms with Crippen molar-refractivity contribution in [2.75, 3.05) is 0 Å². The molecule has 0 saturated heterocycles. The average molecular weight is 266 g/mol. The molecule has 0 bridgehead atoms. The number of hydrogen-bond donors (Lipinski definition) is 1. The van der Waals surface area contributed by atoms with Crippen LogP contribution in [0.5, 0.6) is 0 Å². The molecule has 0 radical (unpaired) electrons. The number of rotatable bonds is 2. The molecule has 0 aromatic carbocycles. The molecule has 8 heteroatoms. The van der Waals surface area contributed by atoms with E-state index >= 15 is 0 Å². The van der Waals surface area contributed by atoms with Crippen LogP contribution in [0.15, 0.2) is 9.59 Å². The molecule has 2 heterocycles. The summed E-state index contributed by atoms with van der Waals surface area (Å²) in [6, 6.07) is -0.935. The van der Waals surface area contributed by atoms with Crippen molar-refractivity contribution >= 4 is 17.1 Å². The number of carbonyl (C=O) groups is 1. The second kappa shape index (κ2) is 4.08. The molecule has 2 aromatic rings. The molecule has 1 unspecified atom stereocenters. The van der Waals surface area contributed by atoms with Crippen molar-refractivity contribution < 1.29 is 9.90 Å². The summed E-state index contributed by atoms with van der Waals surface area (Å²) in [5.74, 6) is -0.693. The Morgan fingerprint density at radius 3 is 2.37 bits per heavy atom. The number of aromatic nitrogens is 4. The molecule has 2 rings (SSSR count). The van der Waals surface area contributed by atoms with Gasteiger partial charge in [-0.05, 0) is 13.8 Å². The zero-order chi connectivity index (χ0) is 14.5. The van der Waals surface area contributed by atoms with Crippen LogP contribution in [0.4, 0.5) is 0 Å². The van der Waals surface area contributed by atoms with E-state index in [-0.39, 0.29) is 11.2 Å². The molecule has 8 nitrogen and oxygen atoms in total. The van der Waals surface area contributed by atoms with Gasteiger partial charge in [0.1, 0.15) is 11.9 Å². The monoisotopic (exact) mass is 266 g/mol. The summed E-state index contributed by atoms with van der Waals surface area (Å²) in [6.45, 7) is 3.06. The van der Waals surface area contributed by atoms with E-state index in [1.165, 1.54) is 30.2 Å². The van der Waals surface area contributed by atoms with Crippen LogP contribution in [-0.2, 0) is 18.9 Å². The Morgan fingerprint density at radius 2 is 1.84 bits per heavy atom. The van der Waals surface area contributed by atoms with Crippen molar-refractivity contribution in [1.82, 2.24) is 18.7 Å². The molecular formula is C11H14N4O4. The van der Waals surface area contributed by atoms with Gasteiger partial charge in [-0.2, -0.15) is 0 Å². The minimum Gasteiger partial charge on any atom is -0.480 e. The first-order valence-corrected chi connectivity index (χ1v) is 5.64. The maximum atomic E-state index is 12.2. The van der Waals surface area contributed by atoms with Crippen molar-refractivity contribution in [3.05, 3.63) is 26.7 Å². The topological polar surface area (TPSA) is 99.1 Å². The zero-order valence-electron chi connectivity index (χ0n) is 11.0. The molecular weight excluding hydrogens is 252 g/mol. The number of aliphatic carboxylic acids is 1. The van der Waals surface area contributed by atoms with E-state index in [1.807, 2.05) is 0 Å². The molecule has 0 fully saturated rings. The first-order chi connectivity index (χ1) is 8.77. The van der Waals surface area contributed by atoms with Gasteiger partial charge in [0.05, 0.1) is 0 Å². The predicted molar refractivity (Wildman–Crippen MR) is 67.3 cm³/mol. The van der Waals surface area contributed by atoms with Gasteiger partial charge >= 0.3 is 11.7 Å². The Kier molecular flexibility index (Phi) is 2.80. The van der Waals surface area contributed by atoms with Gasteiger partial charge < -0.3 is 9.67 Å². The van der Waals surface area contributed by atoms with Crippen LogP contribution in [0, 0.1) is 6.92 Å². The van der Waals surface area contributed by atoms with E-state index in [4.69, 9.17) is 5.11 Å². The van der Waals surface area contributed by atoms with Gasteiger partial charge in [0.2, 0.25) is 0 Å². The van der Waals surface area contributed by atoms with Gasteiger partial charge in [-0.15, -0.1) is 0 Å². The lowest BCUT2D eigenvalue weighted by molar-refractivity contribution is -0.140. The summed E-state index contributed by atoms with van der Waals surface area (Å²) in [5, 5.41) is 9.10. The molecule has 0 aliphatic carbocycles. The van der Waals surface area contributed by atoms with Gasteiger partial charge in [0.15, 0.2) is 11.2 Å². The van der Waals surface area contributed by atoms with E-state index < -0.39 is 23.3 Å². The van der Waals surface area contributed by atoms with Crippen LogP contribution in [0.3, 0.4) is 0 Å². The fraction of sp³-hybridized carbons (Fsp3) is 0.455. The standard InChI is InChI=1S/C11H14N4O4/c1-5(10(17)18)15-6(2)12-8-7(15)9(16)14(4)11(19)13(8)3/h5H,1-4H3,(H,17,18). The lowest BCUT2D eigenvalue weighted by atomic mass is 10.3. The average Bonchev–Trinajstić information content (AvgIpc) is 2.70. The molecule has 0 spiro atoms. The van der Waals surface area contributed by atoms with E-state index in [2.05, 4.69) is 4.98 Å². The number of carboxylic acid groups (broad SMARTS) is 1. The summed E-state index contributed by atoms with van der Waals surface area (Å²) < 4.78 is 3.50. The van der Waals surface area contributed by atoms with E-state index in [1.54, 1.807) is 6.92 Å². The Bertz CT molecular complexity index is 796. The van der Waals surface area contributed by atoms with Crippen molar-refractivity contribution in [3.63, 3.8) is 0 Å². The number of imidazole rings is 1. The number of nitrogens with zero attached hydrogens (tertiary/aromatic N) is 4. The smallest absolute Gasteiger partial charge is 0.332 e. The van der Waals surface area contributed by atoms with Gasteiger partial charge in [0.25, 0.3) is 5.56 Å². The Hall–Kier alpha value is -2.38.